The summed E-state index contributed by atoms with van der Waals surface area (Å²) in [5.41, 5.74) is 3.50. The standard InChI is InChI=1S/C18H28N2O2/c1-3-4-5-6-7-8-9-10-18(21)20-19-15-16-11-13-17(22-2)14-12-16/h11-15H,3-10H2,1-2H3,(H,20,21)/b19-15-. The Morgan fingerprint density at radius 3 is 2.36 bits per heavy atom. The Morgan fingerprint density at radius 1 is 1.09 bits per heavy atom. The number of hydrogen-bond donors (Lipinski definition) is 1. The van der Waals surface area contributed by atoms with Crippen molar-refractivity contribution in [1.29, 1.82) is 0 Å². The van der Waals surface area contributed by atoms with Crippen molar-refractivity contribution in [2.75, 3.05) is 7.11 Å². The molecule has 0 saturated heterocycles. The highest BCUT2D eigenvalue weighted by molar-refractivity contribution is 5.82. The second-order valence-electron chi connectivity index (χ2n) is 5.44. The van der Waals surface area contributed by atoms with E-state index in [0.717, 1.165) is 24.2 Å². The van der Waals surface area contributed by atoms with Crippen molar-refractivity contribution < 1.29 is 9.53 Å². The minimum Gasteiger partial charge on any atom is -0.497 e. The van der Waals surface area contributed by atoms with Gasteiger partial charge in [-0.3, -0.25) is 4.79 Å². The summed E-state index contributed by atoms with van der Waals surface area (Å²) in [5, 5.41) is 3.97. The molecule has 0 spiro atoms. The number of nitrogens with zero attached hydrogens (tertiary/aromatic N) is 1. The van der Waals surface area contributed by atoms with Crippen molar-refractivity contribution >= 4 is 12.1 Å². The van der Waals surface area contributed by atoms with Gasteiger partial charge in [0.2, 0.25) is 5.91 Å². The molecule has 1 aromatic rings. The van der Waals surface area contributed by atoms with Gasteiger partial charge in [0, 0.05) is 6.42 Å². The van der Waals surface area contributed by atoms with E-state index in [0.29, 0.717) is 6.42 Å². The van der Waals surface area contributed by atoms with Crippen molar-refractivity contribution in [3.63, 3.8) is 0 Å². The molecule has 22 heavy (non-hydrogen) atoms. The molecule has 1 N–H and O–H groups in total. The first-order valence-electron chi connectivity index (χ1n) is 8.22. The SMILES string of the molecule is CCCCCCCCCC(=O)N/N=C\c1ccc(OC)cc1. The van der Waals surface area contributed by atoms with Crippen LogP contribution < -0.4 is 10.2 Å². The van der Waals surface area contributed by atoms with Gasteiger partial charge < -0.3 is 4.74 Å². The van der Waals surface area contributed by atoms with Crippen LogP contribution in [0.4, 0.5) is 0 Å². The molecule has 0 aliphatic heterocycles. The van der Waals surface area contributed by atoms with E-state index in [9.17, 15) is 4.79 Å². The molecule has 122 valence electrons. The molecule has 0 aliphatic carbocycles. The summed E-state index contributed by atoms with van der Waals surface area (Å²) in [6.45, 7) is 2.22. The van der Waals surface area contributed by atoms with Crippen LogP contribution in [0.5, 0.6) is 5.75 Å². The van der Waals surface area contributed by atoms with E-state index in [1.54, 1.807) is 13.3 Å². The average Bonchev–Trinajstić information content (AvgIpc) is 2.54. The number of methoxy groups -OCH3 is 1. The second kappa shape index (κ2) is 11.8. The lowest BCUT2D eigenvalue weighted by molar-refractivity contribution is -0.121. The predicted octanol–water partition coefficient (Wildman–Crippen LogP) is 4.29. The average molecular weight is 304 g/mol. The molecule has 1 rings (SSSR count). The molecule has 0 aliphatic rings. The molecule has 1 amide bonds. The van der Waals surface area contributed by atoms with Gasteiger partial charge in [-0.1, -0.05) is 45.4 Å². The third-order valence-corrected chi connectivity index (χ3v) is 3.53. The summed E-state index contributed by atoms with van der Waals surface area (Å²) in [4.78, 5) is 11.6. The van der Waals surface area contributed by atoms with E-state index >= 15 is 0 Å². The minimum atomic E-state index is -0.0154. The molecule has 0 aromatic heterocycles. The number of nitrogens with one attached hydrogen (secondary N) is 1. The highest BCUT2D eigenvalue weighted by Crippen LogP contribution is 2.10. The zero-order chi connectivity index (χ0) is 16.0. The first-order valence-corrected chi connectivity index (χ1v) is 8.22. The Kier molecular flexibility index (Phi) is 9.75. The second-order valence-corrected chi connectivity index (χ2v) is 5.44. The molecule has 0 radical (unpaired) electrons. The lowest BCUT2D eigenvalue weighted by Gasteiger charge is -2.01. The van der Waals surface area contributed by atoms with Crippen LogP contribution in [0.2, 0.25) is 0 Å². The van der Waals surface area contributed by atoms with Gasteiger partial charge >= 0.3 is 0 Å². The van der Waals surface area contributed by atoms with Crippen molar-refractivity contribution in [3.05, 3.63) is 29.8 Å². The molecule has 0 unspecified atom stereocenters. The lowest BCUT2D eigenvalue weighted by atomic mass is 10.1. The lowest BCUT2D eigenvalue weighted by Crippen LogP contribution is -2.16. The molecule has 1 aromatic carbocycles. The Labute approximate surface area is 134 Å². The van der Waals surface area contributed by atoms with E-state index < -0.39 is 0 Å². The fourth-order valence-electron chi connectivity index (χ4n) is 2.17. The molecule has 4 heteroatoms. The largest absolute Gasteiger partial charge is 0.497 e. The van der Waals surface area contributed by atoms with Gasteiger partial charge in [0.05, 0.1) is 13.3 Å². The number of carbonyl (C=O) groups excluding carboxylic acids is 1. The summed E-state index contributed by atoms with van der Waals surface area (Å²) in [7, 11) is 1.63. The van der Waals surface area contributed by atoms with Crippen molar-refractivity contribution in [1.82, 2.24) is 5.43 Å². The third-order valence-electron chi connectivity index (χ3n) is 3.53. The molecule has 0 atom stereocenters. The number of amides is 1. The van der Waals surface area contributed by atoms with Crippen LogP contribution in [0.1, 0.15) is 63.9 Å². The molecule has 0 heterocycles. The van der Waals surface area contributed by atoms with Crippen LogP contribution in [-0.4, -0.2) is 19.2 Å². The van der Waals surface area contributed by atoms with Crippen LogP contribution >= 0.6 is 0 Å². The Morgan fingerprint density at radius 2 is 1.73 bits per heavy atom. The van der Waals surface area contributed by atoms with Gasteiger partial charge in [-0.2, -0.15) is 5.10 Å². The van der Waals surface area contributed by atoms with Crippen LogP contribution in [0.25, 0.3) is 0 Å². The zero-order valence-corrected chi connectivity index (χ0v) is 13.8. The number of hydrogen-bond acceptors (Lipinski definition) is 3. The van der Waals surface area contributed by atoms with Crippen LogP contribution in [0.15, 0.2) is 29.4 Å². The van der Waals surface area contributed by atoms with Gasteiger partial charge in [-0.05, 0) is 36.2 Å². The third kappa shape index (κ3) is 8.45. The number of carbonyl (C=O) groups is 1. The van der Waals surface area contributed by atoms with Crippen molar-refractivity contribution in [2.45, 2.75) is 58.3 Å². The molecule has 0 saturated carbocycles. The Balaban J connectivity index is 2.10. The van der Waals surface area contributed by atoms with Gasteiger partial charge in [-0.25, -0.2) is 5.43 Å². The highest BCUT2D eigenvalue weighted by atomic mass is 16.5. The van der Waals surface area contributed by atoms with E-state index in [2.05, 4.69) is 17.5 Å². The van der Waals surface area contributed by atoms with Gasteiger partial charge in [0.1, 0.15) is 5.75 Å². The van der Waals surface area contributed by atoms with Crippen molar-refractivity contribution in [2.24, 2.45) is 5.10 Å². The zero-order valence-electron chi connectivity index (χ0n) is 13.8. The number of rotatable bonds is 11. The predicted molar refractivity (Wildman–Crippen MR) is 91.3 cm³/mol. The minimum absolute atomic E-state index is 0.0154. The van der Waals surface area contributed by atoms with Crippen LogP contribution in [0, 0.1) is 0 Å². The summed E-state index contributed by atoms with van der Waals surface area (Å²) in [6, 6.07) is 7.51. The number of benzene rings is 1. The van der Waals surface area contributed by atoms with E-state index in [-0.39, 0.29) is 5.91 Å². The highest BCUT2D eigenvalue weighted by Gasteiger charge is 1.99. The first kappa shape index (κ1) is 18.2. The maximum absolute atomic E-state index is 11.6. The fraction of sp³-hybridized carbons (Fsp3) is 0.556. The monoisotopic (exact) mass is 304 g/mol. The molecule has 0 bridgehead atoms. The Hall–Kier alpha value is -1.84. The van der Waals surface area contributed by atoms with Gasteiger partial charge in [0.15, 0.2) is 0 Å². The van der Waals surface area contributed by atoms with Crippen molar-refractivity contribution in [3.8, 4) is 5.75 Å². The number of hydrazone groups is 1. The molecule has 0 fully saturated rings. The maximum Gasteiger partial charge on any atom is 0.240 e. The van der Waals surface area contributed by atoms with E-state index in [4.69, 9.17) is 4.74 Å². The van der Waals surface area contributed by atoms with Crippen LogP contribution in [0.3, 0.4) is 0 Å². The normalized spacial score (nSPS) is 10.8. The summed E-state index contributed by atoms with van der Waals surface area (Å²) >= 11 is 0. The van der Waals surface area contributed by atoms with E-state index in [1.807, 2.05) is 24.3 Å². The first-order chi connectivity index (χ1) is 10.8. The van der Waals surface area contributed by atoms with Gasteiger partial charge in [0.25, 0.3) is 0 Å². The van der Waals surface area contributed by atoms with Gasteiger partial charge in [-0.15, -0.1) is 0 Å². The van der Waals surface area contributed by atoms with E-state index in [1.165, 1.54) is 32.1 Å². The quantitative estimate of drug-likeness (QED) is 0.377. The summed E-state index contributed by atoms with van der Waals surface area (Å²) in [6.07, 6.45) is 10.7. The maximum atomic E-state index is 11.6. The van der Waals surface area contributed by atoms with Crippen LogP contribution in [-0.2, 0) is 4.79 Å². The Bertz CT molecular complexity index is 441. The topological polar surface area (TPSA) is 50.7 Å². The molecular weight excluding hydrogens is 276 g/mol. The smallest absolute Gasteiger partial charge is 0.240 e. The number of unbranched alkanes of at least 4 members (excludes halogenated alkanes) is 6. The molecular formula is C18H28N2O2. The fourth-order valence-corrected chi connectivity index (χ4v) is 2.17. The summed E-state index contributed by atoms with van der Waals surface area (Å²) in [5.74, 6) is 0.790. The number of ether oxygens (including phenoxy) is 1. The summed E-state index contributed by atoms with van der Waals surface area (Å²) < 4.78 is 5.08. The molecule has 4 nitrogen and oxygen atoms in total.